The average molecular weight is 556 g/mol. The summed E-state index contributed by atoms with van der Waals surface area (Å²) in [5.74, 6) is 0.220. The molecule has 1 unspecified atom stereocenters. The molecule has 4 aromatic rings. The number of carbonyl (C=O) groups excluding carboxylic acids is 1. The Labute approximate surface area is 224 Å². The molecule has 0 radical (unpaired) electrons. The van der Waals surface area contributed by atoms with E-state index in [0.717, 1.165) is 22.4 Å². The van der Waals surface area contributed by atoms with Gasteiger partial charge in [-0.1, -0.05) is 41.7 Å². The zero-order valence-electron chi connectivity index (χ0n) is 20.8. The summed E-state index contributed by atoms with van der Waals surface area (Å²) in [5.41, 5.74) is 1.42. The fraction of sp³-hybridized carbons (Fsp3) is 0.259. The highest BCUT2D eigenvalue weighted by atomic mass is 32.2. The van der Waals surface area contributed by atoms with Crippen molar-refractivity contribution in [2.45, 2.75) is 30.3 Å². The summed E-state index contributed by atoms with van der Waals surface area (Å²) in [6.07, 6.45) is 0.888. The van der Waals surface area contributed by atoms with Gasteiger partial charge in [0, 0.05) is 6.54 Å². The molecule has 198 valence electrons. The van der Waals surface area contributed by atoms with Gasteiger partial charge >= 0.3 is 0 Å². The summed E-state index contributed by atoms with van der Waals surface area (Å²) in [5, 5.41) is 0.405. The van der Waals surface area contributed by atoms with Gasteiger partial charge in [0.25, 0.3) is 0 Å². The maximum Gasteiger partial charge on any atom is 0.247 e. The monoisotopic (exact) mass is 555 g/mol. The Morgan fingerprint density at radius 2 is 1.74 bits per heavy atom. The van der Waals surface area contributed by atoms with Crippen molar-refractivity contribution in [3.8, 4) is 11.5 Å². The van der Waals surface area contributed by atoms with Crippen molar-refractivity contribution in [3.63, 3.8) is 0 Å². The molecule has 1 aromatic heterocycles. The van der Waals surface area contributed by atoms with Crippen molar-refractivity contribution in [1.82, 2.24) is 9.29 Å². The topological polar surface area (TPSA) is 89.0 Å². The highest BCUT2D eigenvalue weighted by molar-refractivity contribution is 7.89. The third kappa shape index (κ3) is 4.84. The lowest BCUT2D eigenvalue weighted by molar-refractivity contribution is -0.121. The minimum atomic E-state index is -4.02. The van der Waals surface area contributed by atoms with Gasteiger partial charge in [-0.2, -0.15) is 4.31 Å². The number of anilines is 1. The molecule has 1 amide bonds. The Bertz CT molecular complexity index is 1520. The summed E-state index contributed by atoms with van der Waals surface area (Å²) in [6, 6.07) is 16.7. The fourth-order valence-electron chi connectivity index (χ4n) is 4.59. The van der Waals surface area contributed by atoms with E-state index in [-0.39, 0.29) is 23.9 Å². The van der Waals surface area contributed by atoms with Crippen LogP contribution in [0.4, 0.5) is 9.52 Å². The largest absolute Gasteiger partial charge is 0.495 e. The zero-order chi connectivity index (χ0) is 26.9. The van der Waals surface area contributed by atoms with Gasteiger partial charge < -0.3 is 9.47 Å². The molecule has 2 heterocycles. The number of amides is 1. The van der Waals surface area contributed by atoms with E-state index >= 15 is 0 Å². The standard InChI is InChI=1S/C27H26FN3O5S2/c1-35-22-14-15-23(36-2)25-24(22)29-27(37-25)30(17-18-7-4-3-5-8-18)26(32)21-9-6-16-31(21)38(33,34)20-12-10-19(28)11-13-20/h3-5,7-8,10-15,21H,6,9,16-17H2,1-2H3. The number of nitrogens with zero attached hydrogens (tertiary/aromatic N) is 3. The number of hydrogen-bond donors (Lipinski definition) is 0. The maximum atomic E-state index is 14.1. The molecular weight excluding hydrogens is 529 g/mol. The van der Waals surface area contributed by atoms with Gasteiger partial charge in [-0.05, 0) is 54.8 Å². The number of rotatable bonds is 8. The molecule has 1 aliphatic heterocycles. The summed E-state index contributed by atoms with van der Waals surface area (Å²) >= 11 is 1.28. The van der Waals surface area contributed by atoms with E-state index in [1.165, 1.54) is 32.7 Å². The fourth-order valence-corrected chi connectivity index (χ4v) is 7.32. The normalized spacial score (nSPS) is 16.0. The smallest absolute Gasteiger partial charge is 0.247 e. The highest BCUT2D eigenvalue weighted by Crippen LogP contribution is 2.41. The third-order valence-corrected chi connectivity index (χ3v) is 9.50. The molecule has 1 fully saturated rings. The second-order valence-electron chi connectivity index (χ2n) is 8.78. The first-order chi connectivity index (χ1) is 18.3. The van der Waals surface area contributed by atoms with Gasteiger partial charge in [0.05, 0.1) is 25.7 Å². The van der Waals surface area contributed by atoms with E-state index in [2.05, 4.69) is 0 Å². The van der Waals surface area contributed by atoms with Crippen molar-refractivity contribution in [1.29, 1.82) is 0 Å². The van der Waals surface area contributed by atoms with Crippen molar-refractivity contribution in [2.75, 3.05) is 25.7 Å². The minimum Gasteiger partial charge on any atom is -0.495 e. The second kappa shape index (κ2) is 10.7. The number of thiazole rings is 1. The molecule has 1 saturated heterocycles. The van der Waals surface area contributed by atoms with E-state index < -0.39 is 21.9 Å². The number of hydrogen-bond acceptors (Lipinski definition) is 7. The van der Waals surface area contributed by atoms with E-state index in [1.54, 1.807) is 26.4 Å². The Morgan fingerprint density at radius 1 is 1.05 bits per heavy atom. The molecular formula is C27H26FN3O5S2. The van der Waals surface area contributed by atoms with Gasteiger partial charge in [-0.25, -0.2) is 17.8 Å². The number of fused-ring (bicyclic) bond motifs is 1. The van der Waals surface area contributed by atoms with Crippen LogP contribution in [0.1, 0.15) is 18.4 Å². The Kier molecular flexibility index (Phi) is 7.33. The predicted molar refractivity (Wildman–Crippen MR) is 144 cm³/mol. The van der Waals surface area contributed by atoms with Gasteiger partial charge in [0.15, 0.2) is 5.13 Å². The van der Waals surface area contributed by atoms with Crippen LogP contribution in [0, 0.1) is 5.82 Å². The summed E-state index contributed by atoms with van der Waals surface area (Å²) < 4.78 is 53.3. The molecule has 0 saturated carbocycles. The van der Waals surface area contributed by atoms with Crippen LogP contribution in [0.3, 0.4) is 0 Å². The molecule has 0 spiro atoms. The molecule has 11 heteroatoms. The number of benzene rings is 3. The first-order valence-corrected chi connectivity index (χ1v) is 14.2. The number of ether oxygens (including phenoxy) is 2. The number of sulfonamides is 1. The molecule has 1 atom stereocenters. The molecule has 0 aliphatic carbocycles. The van der Waals surface area contributed by atoms with Crippen LogP contribution in [-0.4, -0.2) is 50.4 Å². The zero-order valence-corrected chi connectivity index (χ0v) is 22.5. The van der Waals surface area contributed by atoms with Crippen LogP contribution in [-0.2, 0) is 21.4 Å². The van der Waals surface area contributed by atoms with Gasteiger partial charge in [0.1, 0.15) is 33.6 Å². The molecule has 5 rings (SSSR count). The lowest BCUT2D eigenvalue weighted by atomic mass is 10.1. The predicted octanol–water partition coefficient (Wildman–Crippen LogP) is 4.84. The minimum absolute atomic E-state index is 0.0531. The number of carbonyl (C=O) groups is 1. The highest BCUT2D eigenvalue weighted by Gasteiger charge is 2.42. The van der Waals surface area contributed by atoms with Crippen LogP contribution >= 0.6 is 11.3 Å². The molecule has 1 aliphatic rings. The van der Waals surface area contributed by atoms with Crippen molar-refractivity contribution >= 4 is 42.6 Å². The van der Waals surface area contributed by atoms with E-state index in [9.17, 15) is 17.6 Å². The van der Waals surface area contributed by atoms with E-state index in [0.29, 0.717) is 35.0 Å². The van der Waals surface area contributed by atoms with Gasteiger partial charge in [-0.3, -0.25) is 9.69 Å². The first kappa shape index (κ1) is 26.1. The van der Waals surface area contributed by atoms with Crippen LogP contribution in [0.25, 0.3) is 10.2 Å². The molecule has 0 N–H and O–H groups in total. The van der Waals surface area contributed by atoms with Crippen molar-refractivity contribution in [2.24, 2.45) is 0 Å². The van der Waals surface area contributed by atoms with Crippen LogP contribution in [0.5, 0.6) is 11.5 Å². The molecule has 8 nitrogen and oxygen atoms in total. The van der Waals surface area contributed by atoms with Crippen LogP contribution in [0.2, 0.25) is 0 Å². The van der Waals surface area contributed by atoms with Crippen LogP contribution in [0.15, 0.2) is 71.6 Å². The quantitative estimate of drug-likeness (QED) is 0.309. The maximum absolute atomic E-state index is 14.1. The first-order valence-electron chi connectivity index (χ1n) is 12.0. The van der Waals surface area contributed by atoms with Gasteiger partial charge in [-0.15, -0.1) is 0 Å². The van der Waals surface area contributed by atoms with Crippen molar-refractivity contribution < 1.29 is 27.1 Å². The Hall–Kier alpha value is -3.54. The second-order valence-corrected chi connectivity index (χ2v) is 11.7. The average Bonchev–Trinajstić information content (AvgIpc) is 3.60. The summed E-state index contributed by atoms with van der Waals surface area (Å²) in [6.45, 7) is 0.391. The van der Waals surface area contributed by atoms with Crippen LogP contribution < -0.4 is 14.4 Å². The third-order valence-electron chi connectivity index (χ3n) is 6.49. The lowest BCUT2D eigenvalue weighted by Gasteiger charge is -2.28. The van der Waals surface area contributed by atoms with Gasteiger partial charge in [0.2, 0.25) is 15.9 Å². The Morgan fingerprint density at radius 3 is 2.42 bits per heavy atom. The van der Waals surface area contributed by atoms with E-state index in [1.807, 2.05) is 30.3 Å². The Balaban J connectivity index is 1.56. The number of methoxy groups -OCH3 is 2. The SMILES string of the molecule is COc1ccc(OC)c2sc(N(Cc3ccccc3)C(=O)C3CCCN3S(=O)(=O)c3ccc(F)cc3)nc12. The number of aromatic nitrogens is 1. The lowest BCUT2D eigenvalue weighted by Crippen LogP contribution is -2.47. The summed E-state index contributed by atoms with van der Waals surface area (Å²) in [7, 11) is -0.917. The molecule has 0 bridgehead atoms. The van der Waals surface area contributed by atoms with E-state index in [4.69, 9.17) is 14.5 Å². The molecule has 38 heavy (non-hydrogen) atoms. The molecule has 3 aromatic carbocycles. The van der Waals surface area contributed by atoms with Crippen molar-refractivity contribution in [3.05, 3.63) is 78.1 Å². The number of halogens is 1. The summed E-state index contributed by atoms with van der Waals surface area (Å²) in [4.78, 5) is 20.4.